The molecule has 1 saturated heterocycles. The van der Waals surface area contributed by atoms with Crippen LogP contribution in [0.2, 0.25) is 5.02 Å². The Kier molecular flexibility index (Phi) is 7.07. The molecule has 0 bridgehead atoms. The van der Waals surface area contributed by atoms with Crippen LogP contribution in [-0.2, 0) is 22.6 Å². The van der Waals surface area contributed by atoms with E-state index in [1.54, 1.807) is 0 Å². The number of anilines is 1. The molecule has 1 aliphatic heterocycles. The fraction of sp³-hybridized carbons (Fsp3) is 0.458. The maximum absolute atomic E-state index is 12.2. The first kappa shape index (κ1) is 21.5. The molecule has 1 aliphatic rings. The second kappa shape index (κ2) is 9.53. The summed E-state index contributed by atoms with van der Waals surface area (Å²) in [5.74, 6) is 0.432. The van der Waals surface area contributed by atoms with Gasteiger partial charge in [-0.15, -0.1) is 0 Å². The first-order valence-electron chi connectivity index (χ1n) is 10.3. The third-order valence-corrected chi connectivity index (χ3v) is 5.00. The van der Waals surface area contributed by atoms with Gasteiger partial charge in [0.05, 0.1) is 6.42 Å². The molecule has 3 rings (SSSR count). The molecule has 29 heavy (non-hydrogen) atoms. The van der Waals surface area contributed by atoms with Crippen molar-refractivity contribution in [2.75, 3.05) is 18.0 Å². The van der Waals surface area contributed by atoms with Gasteiger partial charge < -0.3 is 14.4 Å². The summed E-state index contributed by atoms with van der Waals surface area (Å²) in [7, 11) is 0. The second-order valence-electron chi connectivity index (χ2n) is 8.53. The normalized spacial score (nSPS) is 14.6. The van der Waals surface area contributed by atoms with Crippen molar-refractivity contribution in [2.24, 2.45) is 0 Å². The fourth-order valence-electron chi connectivity index (χ4n) is 3.54. The highest BCUT2D eigenvalue weighted by Gasteiger charge is 2.18. The number of esters is 1. The third-order valence-electron chi connectivity index (χ3n) is 4.79. The molecule has 2 aromatic rings. The van der Waals surface area contributed by atoms with Crippen LogP contribution < -0.4 is 9.64 Å². The topological polar surface area (TPSA) is 38.8 Å². The van der Waals surface area contributed by atoms with Gasteiger partial charge in [-0.3, -0.25) is 4.79 Å². The maximum Gasteiger partial charge on any atom is 0.310 e. The van der Waals surface area contributed by atoms with Gasteiger partial charge >= 0.3 is 5.97 Å². The van der Waals surface area contributed by atoms with Gasteiger partial charge in [-0.2, -0.15) is 0 Å². The molecule has 1 heterocycles. The minimum Gasteiger partial charge on any atom is -0.489 e. The monoisotopic (exact) mass is 415 g/mol. The van der Waals surface area contributed by atoms with Gasteiger partial charge in [0, 0.05) is 29.4 Å². The number of ether oxygens (including phenoxy) is 2. The van der Waals surface area contributed by atoms with E-state index in [1.807, 2.05) is 57.2 Å². The lowest BCUT2D eigenvalue weighted by molar-refractivity contribution is -0.153. The number of piperidine rings is 1. The molecule has 0 aliphatic carbocycles. The Hall–Kier alpha value is -2.20. The summed E-state index contributed by atoms with van der Waals surface area (Å²) in [6.45, 7) is 8.14. The average Bonchev–Trinajstić information content (AvgIpc) is 2.66. The number of hydrogen-bond acceptors (Lipinski definition) is 4. The van der Waals surface area contributed by atoms with Crippen LogP contribution in [0.5, 0.6) is 5.75 Å². The number of nitrogens with zero attached hydrogens (tertiary/aromatic N) is 1. The second-order valence-corrected chi connectivity index (χ2v) is 8.96. The van der Waals surface area contributed by atoms with Crippen LogP contribution in [0.3, 0.4) is 0 Å². The Morgan fingerprint density at radius 1 is 1.07 bits per heavy atom. The minimum absolute atomic E-state index is 0.183. The van der Waals surface area contributed by atoms with Crippen molar-refractivity contribution in [1.29, 1.82) is 0 Å². The lowest BCUT2D eigenvalue weighted by atomic mass is 10.1. The number of carbonyl (C=O) groups excluding carboxylic acids is 1. The largest absolute Gasteiger partial charge is 0.489 e. The Balaban J connectivity index is 1.68. The number of para-hydroxylation sites is 1. The van der Waals surface area contributed by atoms with Crippen molar-refractivity contribution in [1.82, 2.24) is 0 Å². The van der Waals surface area contributed by atoms with Crippen molar-refractivity contribution in [2.45, 2.75) is 58.7 Å². The van der Waals surface area contributed by atoms with Gasteiger partial charge in [-0.1, -0.05) is 29.8 Å². The number of rotatable bonds is 6. The van der Waals surface area contributed by atoms with Gasteiger partial charge in [-0.05, 0) is 69.9 Å². The summed E-state index contributed by atoms with van der Waals surface area (Å²) >= 11 is 6.37. The first-order chi connectivity index (χ1) is 13.8. The Bertz CT molecular complexity index is 838. The highest BCUT2D eigenvalue weighted by atomic mass is 35.5. The van der Waals surface area contributed by atoms with Gasteiger partial charge in [-0.25, -0.2) is 0 Å². The molecule has 0 aromatic heterocycles. The summed E-state index contributed by atoms with van der Waals surface area (Å²) in [5, 5.41) is 0.716. The highest BCUT2D eigenvalue weighted by molar-refractivity contribution is 6.30. The molecule has 0 radical (unpaired) electrons. The summed E-state index contributed by atoms with van der Waals surface area (Å²) in [5.41, 5.74) is 2.49. The van der Waals surface area contributed by atoms with E-state index >= 15 is 0 Å². The van der Waals surface area contributed by atoms with Crippen LogP contribution in [-0.4, -0.2) is 24.7 Å². The molecule has 1 fully saturated rings. The molecule has 0 saturated carbocycles. The average molecular weight is 416 g/mol. The van der Waals surface area contributed by atoms with Crippen LogP contribution in [0.1, 0.15) is 51.2 Å². The van der Waals surface area contributed by atoms with Crippen molar-refractivity contribution in [3.05, 3.63) is 58.6 Å². The van der Waals surface area contributed by atoms with Crippen molar-refractivity contribution >= 4 is 23.3 Å². The Morgan fingerprint density at radius 3 is 2.52 bits per heavy atom. The molecule has 0 unspecified atom stereocenters. The van der Waals surface area contributed by atoms with Gasteiger partial charge in [0.1, 0.15) is 18.0 Å². The molecule has 4 nitrogen and oxygen atoms in total. The zero-order valence-corrected chi connectivity index (χ0v) is 18.3. The van der Waals surface area contributed by atoms with Crippen LogP contribution in [0.15, 0.2) is 42.5 Å². The minimum atomic E-state index is -0.501. The summed E-state index contributed by atoms with van der Waals surface area (Å²) in [6.07, 6.45) is 3.91. The van der Waals surface area contributed by atoms with E-state index in [2.05, 4.69) is 11.0 Å². The molecule has 0 spiro atoms. The summed E-state index contributed by atoms with van der Waals surface area (Å²) in [4.78, 5) is 14.6. The van der Waals surface area contributed by atoms with Crippen molar-refractivity contribution in [3.8, 4) is 5.75 Å². The quantitative estimate of drug-likeness (QED) is 0.559. The molecule has 5 heteroatoms. The number of benzene rings is 2. The van der Waals surface area contributed by atoms with E-state index < -0.39 is 5.60 Å². The first-order valence-corrected chi connectivity index (χ1v) is 10.6. The SMILES string of the molecule is CC(C)(C)OC(=O)Cc1ccccc1OCc1cc(Cl)cc(N2CCCCC2)c1. The van der Waals surface area contributed by atoms with Crippen LogP contribution in [0, 0.1) is 0 Å². The smallest absolute Gasteiger partial charge is 0.310 e. The van der Waals surface area contributed by atoms with Gasteiger partial charge in [0.25, 0.3) is 0 Å². The molecular formula is C24H30ClNO3. The van der Waals surface area contributed by atoms with E-state index in [4.69, 9.17) is 21.1 Å². The van der Waals surface area contributed by atoms with Crippen LogP contribution >= 0.6 is 11.6 Å². The summed E-state index contributed by atoms with van der Waals surface area (Å²) in [6, 6.07) is 13.7. The molecule has 2 aromatic carbocycles. The number of carbonyl (C=O) groups is 1. The van der Waals surface area contributed by atoms with Crippen LogP contribution in [0.4, 0.5) is 5.69 Å². The fourth-order valence-corrected chi connectivity index (χ4v) is 3.79. The lowest BCUT2D eigenvalue weighted by Crippen LogP contribution is -2.29. The van der Waals surface area contributed by atoms with Crippen molar-refractivity contribution in [3.63, 3.8) is 0 Å². The van der Waals surface area contributed by atoms with Crippen LogP contribution in [0.25, 0.3) is 0 Å². The Morgan fingerprint density at radius 2 is 1.79 bits per heavy atom. The number of halogens is 1. The Labute approximate surface area is 178 Å². The molecule has 0 amide bonds. The third kappa shape index (κ3) is 6.67. The molecule has 0 N–H and O–H groups in total. The van der Waals surface area contributed by atoms with E-state index in [9.17, 15) is 4.79 Å². The zero-order chi connectivity index (χ0) is 20.9. The highest BCUT2D eigenvalue weighted by Crippen LogP contribution is 2.27. The van der Waals surface area contributed by atoms with Crippen molar-refractivity contribution < 1.29 is 14.3 Å². The molecule has 0 atom stereocenters. The molecule has 156 valence electrons. The molecular weight excluding hydrogens is 386 g/mol. The number of hydrogen-bond donors (Lipinski definition) is 0. The maximum atomic E-state index is 12.2. The van der Waals surface area contributed by atoms with E-state index in [0.29, 0.717) is 17.4 Å². The predicted molar refractivity (Wildman–Crippen MR) is 118 cm³/mol. The zero-order valence-electron chi connectivity index (χ0n) is 17.5. The van der Waals surface area contributed by atoms with E-state index in [-0.39, 0.29) is 12.4 Å². The van der Waals surface area contributed by atoms with Gasteiger partial charge in [0.2, 0.25) is 0 Å². The lowest BCUT2D eigenvalue weighted by Gasteiger charge is -2.29. The summed E-state index contributed by atoms with van der Waals surface area (Å²) < 4.78 is 11.5. The van der Waals surface area contributed by atoms with Gasteiger partial charge in [0.15, 0.2) is 0 Å². The van der Waals surface area contributed by atoms with E-state index in [0.717, 1.165) is 29.9 Å². The van der Waals surface area contributed by atoms with E-state index in [1.165, 1.54) is 19.3 Å². The standard InChI is InChI=1S/C24H30ClNO3/c1-24(2,3)29-23(27)15-19-9-5-6-10-22(19)28-17-18-13-20(25)16-21(14-18)26-11-7-4-8-12-26/h5-6,9-10,13-14,16H,4,7-8,11-12,15,17H2,1-3H3. The predicted octanol–water partition coefficient (Wildman–Crippen LogP) is 5.79.